The smallest absolute Gasteiger partial charge is 0.285 e. The third-order valence-electron chi connectivity index (χ3n) is 6.81. The number of nitrogens with zero attached hydrogens (tertiary/aromatic N) is 4. The monoisotopic (exact) mass is 477 g/mol. The number of nitrogens with one attached hydrogen (secondary N) is 1. The number of nitro benzene ring substituents is 1. The van der Waals surface area contributed by atoms with Crippen LogP contribution < -0.4 is 10.1 Å². The van der Waals surface area contributed by atoms with Gasteiger partial charge in [-0.3, -0.25) is 10.1 Å². The Balaban J connectivity index is 1.28. The highest BCUT2D eigenvalue weighted by Crippen LogP contribution is 2.57. The van der Waals surface area contributed by atoms with E-state index in [0.717, 1.165) is 30.9 Å². The first-order chi connectivity index (χ1) is 17.5. The number of nitro groups is 1. The standard InChI is InChI=1S/C28H23N5O3/c1-32-16-20-15-28(20,17-32)12-11-19-13-25-24(14-26(19)33(34)35)27(30-18-29-25)31-21-7-9-23(10-8-21)36-22-5-3-2-4-6-22/h2-10,13-14,18,20H,15-17H2,1H3,(H,29,30,31). The minimum absolute atomic E-state index is 0.0215. The highest BCUT2D eigenvalue weighted by Gasteiger charge is 2.58. The number of anilines is 2. The quantitative estimate of drug-likeness (QED) is 0.234. The molecule has 1 aliphatic carbocycles. The molecule has 36 heavy (non-hydrogen) atoms. The maximum atomic E-state index is 11.9. The number of para-hydroxylation sites is 1. The van der Waals surface area contributed by atoms with Gasteiger partial charge in [0.05, 0.1) is 10.4 Å². The molecule has 1 N–H and O–H groups in total. The van der Waals surface area contributed by atoms with Crippen molar-refractivity contribution in [2.75, 3.05) is 25.5 Å². The van der Waals surface area contributed by atoms with Crippen molar-refractivity contribution in [3.8, 4) is 23.3 Å². The van der Waals surface area contributed by atoms with Crippen LogP contribution in [0.5, 0.6) is 11.5 Å². The van der Waals surface area contributed by atoms with E-state index < -0.39 is 4.92 Å². The van der Waals surface area contributed by atoms with E-state index in [2.05, 4.69) is 39.1 Å². The molecule has 1 aliphatic heterocycles. The predicted molar refractivity (Wildman–Crippen MR) is 137 cm³/mol. The van der Waals surface area contributed by atoms with Gasteiger partial charge in [-0.05, 0) is 61.9 Å². The second kappa shape index (κ2) is 8.63. The van der Waals surface area contributed by atoms with Crippen molar-refractivity contribution in [2.45, 2.75) is 6.42 Å². The van der Waals surface area contributed by atoms with Crippen LogP contribution in [-0.4, -0.2) is 39.9 Å². The summed E-state index contributed by atoms with van der Waals surface area (Å²) >= 11 is 0. The SMILES string of the molecule is CN1CC2CC2(C#Cc2cc3ncnc(Nc4ccc(Oc5ccccc5)cc4)c3cc2[N+](=O)[O-])C1. The average Bonchev–Trinajstić information content (AvgIpc) is 3.44. The van der Waals surface area contributed by atoms with E-state index in [1.165, 1.54) is 12.4 Å². The fraction of sp³-hybridized carbons (Fsp3) is 0.214. The zero-order chi connectivity index (χ0) is 24.7. The zero-order valence-electron chi connectivity index (χ0n) is 19.6. The Bertz CT molecular complexity index is 1530. The van der Waals surface area contributed by atoms with Crippen LogP contribution in [0.3, 0.4) is 0 Å². The number of aromatic nitrogens is 2. The van der Waals surface area contributed by atoms with E-state index in [1.54, 1.807) is 6.07 Å². The Morgan fingerprint density at radius 2 is 1.89 bits per heavy atom. The summed E-state index contributed by atoms with van der Waals surface area (Å²) in [6.07, 6.45) is 2.51. The summed E-state index contributed by atoms with van der Waals surface area (Å²) < 4.78 is 5.84. The summed E-state index contributed by atoms with van der Waals surface area (Å²) in [4.78, 5) is 22.5. The largest absolute Gasteiger partial charge is 0.457 e. The molecule has 0 spiro atoms. The Labute approximate surface area is 208 Å². The normalized spacial score (nSPS) is 20.3. The van der Waals surface area contributed by atoms with E-state index in [0.29, 0.717) is 34.0 Å². The van der Waals surface area contributed by atoms with Crippen LogP contribution in [0, 0.1) is 33.3 Å². The van der Waals surface area contributed by atoms with Crippen LogP contribution in [0.15, 0.2) is 73.1 Å². The number of hydrogen-bond acceptors (Lipinski definition) is 7. The molecule has 2 unspecified atom stereocenters. The first-order valence-corrected chi connectivity index (χ1v) is 11.7. The molecular formula is C28H23N5O3. The van der Waals surface area contributed by atoms with Crippen LogP contribution >= 0.6 is 0 Å². The molecule has 2 heterocycles. The number of fused-ring (bicyclic) bond motifs is 2. The summed E-state index contributed by atoms with van der Waals surface area (Å²) in [6.45, 7) is 1.95. The van der Waals surface area contributed by atoms with Gasteiger partial charge in [-0.15, -0.1) is 0 Å². The van der Waals surface area contributed by atoms with Crippen molar-refractivity contribution in [3.63, 3.8) is 0 Å². The predicted octanol–water partition coefficient (Wildman–Crippen LogP) is 5.38. The van der Waals surface area contributed by atoms with Gasteiger partial charge in [0.15, 0.2) is 0 Å². The molecule has 3 aromatic carbocycles. The number of benzene rings is 3. The number of likely N-dealkylation sites (tertiary alicyclic amines) is 1. The topological polar surface area (TPSA) is 93.4 Å². The van der Waals surface area contributed by atoms with Crippen molar-refractivity contribution in [1.29, 1.82) is 0 Å². The van der Waals surface area contributed by atoms with Crippen molar-refractivity contribution >= 4 is 28.1 Å². The maximum absolute atomic E-state index is 11.9. The lowest BCUT2D eigenvalue weighted by atomic mass is 10.0. The Morgan fingerprint density at radius 3 is 2.61 bits per heavy atom. The van der Waals surface area contributed by atoms with Gasteiger partial charge >= 0.3 is 0 Å². The van der Waals surface area contributed by atoms with Crippen LogP contribution in [-0.2, 0) is 0 Å². The lowest BCUT2D eigenvalue weighted by Gasteiger charge is -2.11. The molecule has 6 rings (SSSR count). The summed E-state index contributed by atoms with van der Waals surface area (Å²) in [5, 5.41) is 15.7. The molecule has 178 valence electrons. The molecule has 8 nitrogen and oxygen atoms in total. The Morgan fingerprint density at radius 1 is 1.11 bits per heavy atom. The number of rotatable bonds is 5. The number of ether oxygens (including phenoxy) is 1. The number of piperidine rings is 1. The van der Waals surface area contributed by atoms with Gasteiger partial charge in [-0.25, -0.2) is 9.97 Å². The van der Waals surface area contributed by atoms with Crippen molar-refractivity contribution in [3.05, 3.63) is 88.7 Å². The summed E-state index contributed by atoms with van der Waals surface area (Å²) in [5.41, 5.74) is 1.69. The lowest BCUT2D eigenvalue weighted by molar-refractivity contribution is -0.385. The summed E-state index contributed by atoms with van der Waals surface area (Å²) in [6, 6.07) is 20.2. The average molecular weight is 478 g/mol. The molecule has 2 atom stereocenters. The molecule has 1 aromatic heterocycles. The second-order valence-electron chi connectivity index (χ2n) is 9.43. The van der Waals surface area contributed by atoms with E-state index in [1.807, 2.05) is 54.6 Å². The third-order valence-corrected chi connectivity index (χ3v) is 6.81. The van der Waals surface area contributed by atoms with Gasteiger partial charge in [0, 0.05) is 35.6 Å². The van der Waals surface area contributed by atoms with E-state index in [4.69, 9.17) is 4.74 Å². The fourth-order valence-electron chi connectivity index (χ4n) is 4.93. The second-order valence-corrected chi connectivity index (χ2v) is 9.43. The van der Waals surface area contributed by atoms with Crippen LogP contribution in [0.25, 0.3) is 10.9 Å². The van der Waals surface area contributed by atoms with E-state index >= 15 is 0 Å². The van der Waals surface area contributed by atoms with Gasteiger partial charge in [-0.1, -0.05) is 30.0 Å². The molecular weight excluding hydrogens is 454 g/mol. The Kier molecular flexibility index (Phi) is 5.28. The van der Waals surface area contributed by atoms with Crippen molar-refractivity contribution < 1.29 is 9.66 Å². The Hall–Kier alpha value is -4.48. The first-order valence-electron chi connectivity index (χ1n) is 11.7. The lowest BCUT2D eigenvalue weighted by Crippen LogP contribution is -2.19. The third kappa shape index (κ3) is 4.21. The molecule has 8 heteroatoms. The van der Waals surface area contributed by atoms with Crippen LogP contribution in [0.2, 0.25) is 0 Å². The van der Waals surface area contributed by atoms with Gasteiger partial charge < -0.3 is 15.0 Å². The van der Waals surface area contributed by atoms with E-state index in [-0.39, 0.29) is 11.1 Å². The highest BCUT2D eigenvalue weighted by molar-refractivity contribution is 5.93. The molecule has 2 fully saturated rings. The molecule has 1 saturated carbocycles. The van der Waals surface area contributed by atoms with Crippen LogP contribution in [0.4, 0.5) is 17.2 Å². The van der Waals surface area contributed by atoms with Crippen LogP contribution in [0.1, 0.15) is 12.0 Å². The molecule has 2 aliphatic rings. The molecule has 0 amide bonds. The summed E-state index contributed by atoms with van der Waals surface area (Å²) in [5.74, 6) is 8.96. The summed E-state index contributed by atoms with van der Waals surface area (Å²) in [7, 11) is 2.09. The maximum Gasteiger partial charge on any atom is 0.285 e. The highest BCUT2D eigenvalue weighted by atomic mass is 16.6. The molecule has 0 radical (unpaired) electrons. The molecule has 1 saturated heterocycles. The first kappa shape index (κ1) is 22.0. The van der Waals surface area contributed by atoms with Gasteiger partial charge in [0.2, 0.25) is 0 Å². The van der Waals surface area contributed by atoms with Crippen molar-refractivity contribution in [2.24, 2.45) is 11.3 Å². The van der Waals surface area contributed by atoms with E-state index in [9.17, 15) is 10.1 Å². The van der Waals surface area contributed by atoms with Crippen molar-refractivity contribution in [1.82, 2.24) is 14.9 Å². The molecule has 0 bridgehead atoms. The minimum Gasteiger partial charge on any atom is -0.457 e. The zero-order valence-corrected chi connectivity index (χ0v) is 19.6. The van der Waals surface area contributed by atoms with Gasteiger partial charge in [0.25, 0.3) is 5.69 Å². The number of hydrogen-bond donors (Lipinski definition) is 1. The van der Waals surface area contributed by atoms with Gasteiger partial charge in [-0.2, -0.15) is 0 Å². The minimum atomic E-state index is -0.390. The molecule has 4 aromatic rings. The fourth-order valence-corrected chi connectivity index (χ4v) is 4.93. The van der Waals surface area contributed by atoms with Gasteiger partial charge in [0.1, 0.15) is 29.2 Å².